The highest BCUT2D eigenvalue weighted by Gasteiger charge is 2.16. The van der Waals surface area contributed by atoms with Crippen LogP contribution < -0.4 is 0 Å². The third-order valence-electron chi connectivity index (χ3n) is 1.68. The van der Waals surface area contributed by atoms with Gasteiger partial charge in [-0.05, 0) is 6.92 Å². The molecule has 0 spiro atoms. The highest BCUT2D eigenvalue weighted by atomic mass is 16.5. The maximum absolute atomic E-state index is 11.0. The predicted molar refractivity (Wildman–Crippen MR) is 49.6 cm³/mol. The Kier molecular flexibility index (Phi) is 3.83. The van der Waals surface area contributed by atoms with E-state index in [1.165, 1.54) is 17.1 Å². The second kappa shape index (κ2) is 5.12. The molecule has 6 nitrogen and oxygen atoms in total. The summed E-state index contributed by atoms with van der Waals surface area (Å²) in [6.45, 7) is 1.87. The van der Waals surface area contributed by atoms with Crippen molar-refractivity contribution in [3.05, 3.63) is 18.0 Å². The average molecular weight is 209 g/mol. The van der Waals surface area contributed by atoms with Crippen molar-refractivity contribution in [2.24, 2.45) is 0 Å². The summed E-state index contributed by atoms with van der Waals surface area (Å²) in [6.07, 6.45) is 1.55. The Labute approximate surface area is 86.7 Å². The van der Waals surface area contributed by atoms with Crippen LogP contribution >= 0.6 is 0 Å². The molecule has 0 aliphatic carbocycles. The quantitative estimate of drug-likeness (QED) is 0.686. The Hall–Kier alpha value is -1.87. The molecule has 15 heavy (non-hydrogen) atoms. The van der Waals surface area contributed by atoms with Gasteiger partial charge < -0.3 is 9.84 Å². The minimum atomic E-state index is -1.25. The van der Waals surface area contributed by atoms with E-state index in [-0.39, 0.29) is 13.2 Å². The first-order valence-electron chi connectivity index (χ1n) is 4.44. The Balaban J connectivity index is 2.55. The summed E-state index contributed by atoms with van der Waals surface area (Å²) in [5, 5.41) is 21.7. The molecule has 1 unspecified atom stereocenters. The van der Waals surface area contributed by atoms with Crippen LogP contribution in [0.5, 0.6) is 0 Å². The lowest BCUT2D eigenvalue weighted by atomic mass is 10.3. The summed E-state index contributed by atoms with van der Waals surface area (Å²) in [7, 11) is 0. The number of hydrogen-bond acceptors (Lipinski definition) is 5. The van der Waals surface area contributed by atoms with Crippen LogP contribution in [0.25, 0.3) is 0 Å². The fraction of sp³-hybridized carbons (Fsp3) is 0.444. The Morgan fingerprint density at radius 2 is 2.60 bits per heavy atom. The zero-order chi connectivity index (χ0) is 11.3. The molecule has 1 heterocycles. The number of aliphatic hydroxyl groups excluding tert-OH is 1. The molecule has 0 aliphatic rings. The molecule has 1 atom stereocenters. The van der Waals surface area contributed by atoms with E-state index in [4.69, 9.17) is 5.26 Å². The molecule has 1 rings (SSSR count). The van der Waals surface area contributed by atoms with Gasteiger partial charge in [-0.15, -0.1) is 0 Å². The third kappa shape index (κ3) is 3.07. The molecule has 0 radical (unpaired) electrons. The van der Waals surface area contributed by atoms with Crippen molar-refractivity contribution < 1.29 is 14.6 Å². The van der Waals surface area contributed by atoms with Gasteiger partial charge in [0.2, 0.25) is 0 Å². The summed E-state index contributed by atoms with van der Waals surface area (Å²) in [5.41, 5.74) is 0.381. The van der Waals surface area contributed by atoms with Crippen molar-refractivity contribution in [1.29, 1.82) is 5.26 Å². The first kappa shape index (κ1) is 11.2. The third-order valence-corrected chi connectivity index (χ3v) is 1.68. The Bertz CT molecular complexity index is 380. The zero-order valence-electron chi connectivity index (χ0n) is 8.25. The summed E-state index contributed by atoms with van der Waals surface area (Å²) in [6, 6.07) is 1.89. The van der Waals surface area contributed by atoms with E-state index in [9.17, 15) is 9.90 Å². The van der Waals surface area contributed by atoms with E-state index in [1.807, 2.05) is 6.07 Å². The lowest BCUT2D eigenvalue weighted by Gasteiger charge is -2.08. The summed E-state index contributed by atoms with van der Waals surface area (Å²) >= 11 is 0. The summed E-state index contributed by atoms with van der Waals surface area (Å²) in [5.74, 6) is -0.688. The molecule has 80 valence electrons. The van der Waals surface area contributed by atoms with Gasteiger partial charge in [-0.1, -0.05) is 0 Å². The van der Waals surface area contributed by atoms with Crippen LogP contribution in [0.2, 0.25) is 0 Å². The minimum Gasteiger partial charge on any atom is -0.464 e. The Morgan fingerprint density at radius 3 is 3.13 bits per heavy atom. The molecule has 1 N–H and O–H groups in total. The lowest BCUT2D eigenvalue weighted by Crippen LogP contribution is -2.28. The van der Waals surface area contributed by atoms with Crippen LogP contribution in [0.1, 0.15) is 12.5 Å². The maximum Gasteiger partial charge on any atom is 0.336 e. The molecule has 1 aromatic rings. The normalized spacial score (nSPS) is 11.8. The highest BCUT2D eigenvalue weighted by Crippen LogP contribution is 1.98. The van der Waals surface area contributed by atoms with Gasteiger partial charge in [0.15, 0.2) is 6.10 Å². The topological polar surface area (TPSA) is 88.1 Å². The van der Waals surface area contributed by atoms with Crippen molar-refractivity contribution in [3.63, 3.8) is 0 Å². The molecule has 0 fully saturated rings. The van der Waals surface area contributed by atoms with Gasteiger partial charge in [-0.3, -0.25) is 4.68 Å². The van der Waals surface area contributed by atoms with Crippen LogP contribution in [0, 0.1) is 11.3 Å². The van der Waals surface area contributed by atoms with Crippen LogP contribution in [-0.4, -0.2) is 33.6 Å². The molecule has 0 bridgehead atoms. The molecule has 0 aromatic carbocycles. The van der Waals surface area contributed by atoms with E-state index in [0.29, 0.717) is 5.56 Å². The van der Waals surface area contributed by atoms with Crippen LogP contribution in [0.3, 0.4) is 0 Å². The van der Waals surface area contributed by atoms with E-state index in [0.717, 1.165) is 0 Å². The van der Waals surface area contributed by atoms with E-state index in [1.54, 1.807) is 6.92 Å². The number of aliphatic hydroxyl groups is 1. The fourth-order valence-corrected chi connectivity index (χ4v) is 1.01. The predicted octanol–water partition coefficient (Wildman–Crippen LogP) is -0.321. The second-order valence-electron chi connectivity index (χ2n) is 2.83. The SMILES string of the molecule is CCOC(=O)C(O)Cn1cc(C#N)cn1. The van der Waals surface area contributed by atoms with Gasteiger partial charge in [0.05, 0.1) is 24.9 Å². The van der Waals surface area contributed by atoms with Crippen LogP contribution in [0.4, 0.5) is 0 Å². The molecule has 0 amide bonds. The average Bonchev–Trinajstić information content (AvgIpc) is 2.66. The monoisotopic (exact) mass is 209 g/mol. The van der Waals surface area contributed by atoms with E-state index < -0.39 is 12.1 Å². The molecule has 0 saturated heterocycles. The summed E-state index contributed by atoms with van der Waals surface area (Å²) < 4.78 is 5.93. The largest absolute Gasteiger partial charge is 0.464 e. The van der Waals surface area contributed by atoms with Crippen LogP contribution in [0.15, 0.2) is 12.4 Å². The van der Waals surface area contributed by atoms with Gasteiger partial charge in [0.1, 0.15) is 6.07 Å². The standard InChI is InChI=1S/C9H11N3O3/c1-2-15-9(14)8(13)6-12-5-7(3-10)4-11-12/h4-5,8,13H,2,6H2,1H3. The molecule has 0 aliphatic heterocycles. The number of nitrogens with zero attached hydrogens (tertiary/aromatic N) is 3. The lowest BCUT2D eigenvalue weighted by molar-refractivity contribution is -0.153. The summed E-state index contributed by atoms with van der Waals surface area (Å²) in [4.78, 5) is 11.0. The zero-order valence-corrected chi connectivity index (χ0v) is 8.25. The number of rotatable bonds is 4. The molecular weight excluding hydrogens is 198 g/mol. The van der Waals surface area contributed by atoms with Crippen molar-refractivity contribution in [1.82, 2.24) is 9.78 Å². The van der Waals surface area contributed by atoms with E-state index >= 15 is 0 Å². The number of esters is 1. The number of ether oxygens (including phenoxy) is 1. The smallest absolute Gasteiger partial charge is 0.336 e. The fourth-order valence-electron chi connectivity index (χ4n) is 1.01. The van der Waals surface area contributed by atoms with Crippen molar-refractivity contribution in [2.45, 2.75) is 19.6 Å². The van der Waals surface area contributed by atoms with Crippen molar-refractivity contribution in [2.75, 3.05) is 6.61 Å². The number of carbonyl (C=O) groups is 1. The second-order valence-corrected chi connectivity index (χ2v) is 2.83. The van der Waals surface area contributed by atoms with Gasteiger partial charge >= 0.3 is 5.97 Å². The first-order valence-corrected chi connectivity index (χ1v) is 4.44. The molecule has 6 heteroatoms. The molecule has 1 aromatic heterocycles. The minimum absolute atomic E-state index is 0.0134. The number of aromatic nitrogens is 2. The van der Waals surface area contributed by atoms with Crippen LogP contribution in [-0.2, 0) is 16.1 Å². The first-order chi connectivity index (χ1) is 7.17. The molecule has 0 saturated carbocycles. The van der Waals surface area contributed by atoms with Gasteiger partial charge in [0, 0.05) is 6.20 Å². The maximum atomic E-state index is 11.0. The van der Waals surface area contributed by atoms with Gasteiger partial charge in [-0.25, -0.2) is 4.79 Å². The number of hydrogen-bond donors (Lipinski definition) is 1. The van der Waals surface area contributed by atoms with E-state index in [2.05, 4.69) is 9.84 Å². The number of carbonyl (C=O) groups excluding carboxylic acids is 1. The van der Waals surface area contributed by atoms with Crippen molar-refractivity contribution >= 4 is 5.97 Å². The van der Waals surface area contributed by atoms with Gasteiger partial charge in [0.25, 0.3) is 0 Å². The van der Waals surface area contributed by atoms with Gasteiger partial charge in [-0.2, -0.15) is 10.4 Å². The highest BCUT2D eigenvalue weighted by molar-refractivity contribution is 5.74. The molecular formula is C9H11N3O3. The Morgan fingerprint density at radius 1 is 1.87 bits per heavy atom. The number of nitriles is 1. The van der Waals surface area contributed by atoms with Crippen molar-refractivity contribution in [3.8, 4) is 6.07 Å².